The molecule has 1 rings (SSSR count). The maximum absolute atomic E-state index is 10.0. The smallest absolute Gasteiger partial charge is 0.725 e. The molecule has 1 aromatic carbocycles. The predicted octanol–water partition coefficient (Wildman–Crippen LogP) is -1.81. The molecule has 1 aromatic rings. The Kier molecular flexibility index (Phi) is 8.47. The molecule has 0 spiro atoms. The summed E-state index contributed by atoms with van der Waals surface area (Å²) in [6.45, 7) is 0.268. The summed E-state index contributed by atoms with van der Waals surface area (Å²) in [5.74, 6) is 0.944. The van der Waals surface area contributed by atoms with E-state index in [1.165, 1.54) is 0 Å². The van der Waals surface area contributed by atoms with E-state index < -0.39 is 10.4 Å². The van der Waals surface area contributed by atoms with Crippen molar-refractivity contribution in [2.45, 2.75) is 0 Å². The summed E-state index contributed by atoms with van der Waals surface area (Å²) in [6, 6.07) is 9.04. The average molecular weight is 272 g/mol. The molecule has 8 heteroatoms. The molecule has 0 aliphatic rings. The number of hydrogen-bond acceptors (Lipinski definition) is 6. The topological polar surface area (TPSA) is 75.7 Å². The van der Waals surface area contributed by atoms with E-state index in [1.54, 1.807) is 12.1 Å². The van der Waals surface area contributed by atoms with Crippen molar-refractivity contribution >= 4 is 22.4 Å². The van der Waals surface area contributed by atoms with Crippen molar-refractivity contribution < 1.29 is 50.9 Å². The van der Waals surface area contributed by atoms with Gasteiger partial charge >= 0.3 is 29.6 Å². The van der Waals surface area contributed by atoms with Crippen LogP contribution in [0.25, 0.3) is 0 Å². The molecule has 0 heterocycles. The first kappa shape index (κ1) is 16.2. The van der Waals surface area contributed by atoms with Crippen LogP contribution in [0.1, 0.15) is 0 Å². The van der Waals surface area contributed by atoms with Gasteiger partial charge in [0.25, 0.3) is 0 Å². The molecule has 0 radical (unpaired) electrons. The number of benzene rings is 1. The van der Waals surface area contributed by atoms with E-state index >= 15 is 0 Å². The largest absolute Gasteiger partial charge is 1.00 e. The summed E-state index contributed by atoms with van der Waals surface area (Å²) in [4.78, 5) is 0. The van der Waals surface area contributed by atoms with E-state index in [0.29, 0.717) is 17.8 Å². The first-order valence-corrected chi connectivity index (χ1v) is 6.27. The fraction of sp³-hybridized carbons (Fsp3) is 0.250. The Morgan fingerprint density at radius 2 is 1.88 bits per heavy atom. The number of rotatable bonds is 6. The van der Waals surface area contributed by atoms with E-state index in [0.717, 1.165) is 0 Å². The first-order chi connectivity index (χ1) is 7.08. The molecule has 16 heavy (non-hydrogen) atoms. The third kappa shape index (κ3) is 8.40. The molecule has 0 atom stereocenters. The molecule has 0 bridgehead atoms. The van der Waals surface area contributed by atoms with Gasteiger partial charge in [0.1, 0.15) is 5.75 Å². The Morgan fingerprint density at radius 3 is 2.44 bits per heavy atom. The van der Waals surface area contributed by atoms with Gasteiger partial charge in [-0.15, -0.1) is 0 Å². The third-order valence-electron chi connectivity index (χ3n) is 1.31. The molecule has 0 aliphatic carbocycles. The van der Waals surface area contributed by atoms with Gasteiger partial charge in [-0.2, -0.15) is 0 Å². The normalized spacial score (nSPS) is 10.6. The van der Waals surface area contributed by atoms with Gasteiger partial charge in [-0.25, -0.2) is 12.0 Å². The van der Waals surface area contributed by atoms with Crippen molar-refractivity contribution in [1.29, 1.82) is 0 Å². The average Bonchev–Trinajstić information content (AvgIpc) is 2.17. The van der Waals surface area contributed by atoms with Crippen molar-refractivity contribution in [1.82, 2.24) is 0 Å². The molecular formula is C8H9NaO5S2. The minimum Gasteiger partial charge on any atom is -0.725 e. The summed E-state index contributed by atoms with van der Waals surface area (Å²) in [6.07, 6.45) is 0. The van der Waals surface area contributed by atoms with Crippen molar-refractivity contribution in [2.24, 2.45) is 0 Å². The molecule has 0 N–H and O–H groups in total. The van der Waals surface area contributed by atoms with Crippen LogP contribution in [0.15, 0.2) is 30.3 Å². The van der Waals surface area contributed by atoms with Gasteiger partial charge in [0.15, 0.2) is 0 Å². The van der Waals surface area contributed by atoms with Gasteiger partial charge in [0.05, 0.1) is 12.4 Å². The van der Waals surface area contributed by atoms with Crippen LogP contribution in [0.2, 0.25) is 0 Å². The van der Waals surface area contributed by atoms with Crippen LogP contribution in [-0.2, 0) is 14.0 Å². The van der Waals surface area contributed by atoms with E-state index in [-0.39, 0.29) is 41.9 Å². The van der Waals surface area contributed by atoms with E-state index in [4.69, 9.17) is 4.74 Å². The monoisotopic (exact) mass is 272 g/mol. The second kappa shape index (κ2) is 8.35. The fourth-order valence-corrected chi connectivity index (χ4v) is 1.70. The zero-order chi connectivity index (χ0) is 11.1. The van der Waals surface area contributed by atoms with Crippen molar-refractivity contribution in [3.63, 3.8) is 0 Å². The second-order valence-corrected chi connectivity index (χ2v) is 4.46. The van der Waals surface area contributed by atoms with Crippen LogP contribution < -0.4 is 34.3 Å². The van der Waals surface area contributed by atoms with E-state index in [9.17, 15) is 13.0 Å². The maximum Gasteiger partial charge on any atom is 1.00 e. The maximum atomic E-state index is 10.0. The Bertz CT molecular complexity index is 381. The molecule has 0 saturated carbocycles. The van der Waals surface area contributed by atoms with Gasteiger partial charge in [0.2, 0.25) is 10.4 Å². The Morgan fingerprint density at radius 1 is 1.25 bits per heavy atom. The van der Waals surface area contributed by atoms with E-state index in [1.807, 2.05) is 18.2 Å². The Labute approximate surface area is 121 Å². The number of ether oxygens (including phenoxy) is 1. The van der Waals surface area contributed by atoms with Gasteiger partial charge in [-0.1, -0.05) is 18.2 Å². The van der Waals surface area contributed by atoms with Gasteiger partial charge < -0.3 is 9.29 Å². The minimum atomic E-state index is -4.61. The van der Waals surface area contributed by atoms with Crippen molar-refractivity contribution in [2.75, 3.05) is 12.4 Å². The summed E-state index contributed by atoms with van der Waals surface area (Å²) in [5, 5.41) is 0. The second-order valence-electron chi connectivity index (χ2n) is 2.46. The number of para-hydroxylation sites is 1. The van der Waals surface area contributed by atoms with Crippen LogP contribution in [0.4, 0.5) is 0 Å². The van der Waals surface area contributed by atoms with Crippen LogP contribution >= 0.6 is 12.0 Å². The molecule has 5 nitrogen and oxygen atoms in total. The molecule has 0 fully saturated rings. The van der Waals surface area contributed by atoms with Crippen LogP contribution in [-0.4, -0.2) is 25.3 Å². The van der Waals surface area contributed by atoms with E-state index in [2.05, 4.69) is 3.63 Å². The quantitative estimate of drug-likeness (QED) is 0.200. The molecule has 0 unspecified atom stereocenters. The van der Waals surface area contributed by atoms with Gasteiger partial charge in [-0.3, -0.25) is 0 Å². The summed E-state index contributed by atoms with van der Waals surface area (Å²) >= 11 is 0.554. The van der Waals surface area contributed by atoms with Gasteiger partial charge in [-0.05, 0) is 12.1 Å². The third-order valence-corrected chi connectivity index (χ3v) is 2.69. The van der Waals surface area contributed by atoms with Crippen LogP contribution in [0.5, 0.6) is 5.75 Å². The molecule has 0 aliphatic heterocycles. The summed E-state index contributed by atoms with van der Waals surface area (Å²) in [5.41, 5.74) is 0. The standard InChI is InChI=1S/C8H10O5S2.Na/c9-15(10,11)13-14-7-6-12-8-4-2-1-3-5-8;/h1-5H,6-7H2,(H,9,10,11);/q;+1/p-1. The van der Waals surface area contributed by atoms with Crippen molar-refractivity contribution in [3.8, 4) is 5.75 Å². The molecular weight excluding hydrogens is 263 g/mol. The summed E-state index contributed by atoms with van der Waals surface area (Å²) < 4.78 is 39.2. The van der Waals surface area contributed by atoms with Crippen LogP contribution in [0.3, 0.4) is 0 Å². The Hall–Kier alpha value is 0.240. The Balaban J connectivity index is 0.00000225. The van der Waals surface area contributed by atoms with Crippen molar-refractivity contribution in [3.05, 3.63) is 30.3 Å². The van der Waals surface area contributed by atoms with Gasteiger partial charge in [0, 0.05) is 12.0 Å². The predicted molar refractivity (Wildman–Crippen MR) is 55.2 cm³/mol. The minimum absolute atomic E-state index is 0. The van der Waals surface area contributed by atoms with Crippen LogP contribution in [0, 0.1) is 0 Å². The number of hydrogen-bond donors (Lipinski definition) is 0. The SMILES string of the molecule is O=S(=O)([O-])OSCCOc1ccccc1.[Na+]. The molecule has 0 aromatic heterocycles. The molecule has 84 valence electrons. The zero-order valence-corrected chi connectivity index (χ0v) is 12.3. The molecule has 0 saturated heterocycles. The summed E-state index contributed by atoms with van der Waals surface area (Å²) in [7, 11) is -4.61. The first-order valence-electron chi connectivity index (χ1n) is 4.03. The zero-order valence-electron chi connectivity index (χ0n) is 8.66. The fourth-order valence-electron chi connectivity index (χ4n) is 0.803. The molecule has 0 amide bonds.